The highest BCUT2D eigenvalue weighted by molar-refractivity contribution is 5.94. The highest BCUT2D eigenvalue weighted by Crippen LogP contribution is 2.25. The van der Waals surface area contributed by atoms with Gasteiger partial charge in [0.1, 0.15) is 5.75 Å². The molecule has 0 unspecified atom stereocenters. The molecule has 0 spiro atoms. The summed E-state index contributed by atoms with van der Waals surface area (Å²) in [6.45, 7) is 1.35. The van der Waals surface area contributed by atoms with Crippen molar-refractivity contribution in [3.63, 3.8) is 0 Å². The number of hydrogen-bond acceptors (Lipinski definition) is 5. The largest absolute Gasteiger partial charge is 0.451 e. The zero-order chi connectivity index (χ0) is 17.8. The van der Waals surface area contributed by atoms with Crippen molar-refractivity contribution >= 4 is 17.7 Å². The van der Waals surface area contributed by atoms with Gasteiger partial charge in [0.2, 0.25) is 0 Å². The lowest BCUT2D eigenvalue weighted by Crippen LogP contribution is -2.21. The number of carbonyl (C=O) groups is 3. The SMILES string of the molecule is CC(=O)Oc1ccc(-c2cccc(C(=O)O[C@@H]3CCCC3=O)c2)cc1. The van der Waals surface area contributed by atoms with Gasteiger partial charge in [0.15, 0.2) is 11.9 Å². The summed E-state index contributed by atoms with van der Waals surface area (Å²) in [5.41, 5.74) is 2.12. The van der Waals surface area contributed by atoms with Gasteiger partial charge in [0, 0.05) is 13.3 Å². The molecule has 128 valence electrons. The predicted octanol–water partition coefficient (Wildman–Crippen LogP) is 3.56. The van der Waals surface area contributed by atoms with E-state index in [-0.39, 0.29) is 11.8 Å². The lowest BCUT2D eigenvalue weighted by Gasteiger charge is -2.11. The van der Waals surface area contributed by atoms with Crippen molar-refractivity contribution in [2.75, 3.05) is 0 Å². The maximum atomic E-state index is 12.3. The molecule has 1 aliphatic rings. The fourth-order valence-electron chi connectivity index (χ4n) is 2.81. The van der Waals surface area contributed by atoms with Crippen molar-refractivity contribution in [3.05, 3.63) is 54.1 Å². The Morgan fingerprint density at radius 1 is 1.04 bits per heavy atom. The van der Waals surface area contributed by atoms with Crippen molar-refractivity contribution in [2.45, 2.75) is 32.3 Å². The van der Waals surface area contributed by atoms with E-state index in [2.05, 4.69) is 0 Å². The van der Waals surface area contributed by atoms with Crippen LogP contribution in [0.1, 0.15) is 36.5 Å². The van der Waals surface area contributed by atoms with Crippen molar-refractivity contribution < 1.29 is 23.9 Å². The van der Waals surface area contributed by atoms with Crippen LogP contribution in [0.15, 0.2) is 48.5 Å². The van der Waals surface area contributed by atoms with E-state index < -0.39 is 12.1 Å². The van der Waals surface area contributed by atoms with E-state index >= 15 is 0 Å². The van der Waals surface area contributed by atoms with Gasteiger partial charge in [-0.1, -0.05) is 24.3 Å². The Hall–Kier alpha value is -2.95. The lowest BCUT2D eigenvalue weighted by molar-refractivity contribution is -0.131. The second-order valence-corrected chi connectivity index (χ2v) is 5.95. The molecule has 2 aromatic carbocycles. The Balaban J connectivity index is 1.75. The van der Waals surface area contributed by atoms with Gasteiger partial charge in [-0.2, -0.15) is 0 Å². The molecule has 1 aliphatic carbocycles. The normalized spacial score (nSPS) is 16.5. The van der Waals surface area contributed by atoms with Crippen LogP contribution in [0.4, 0.5) is 0 Å². The van der Waals surface area contributed by atoms with Gasteiger partial charge < -0.3 is 9.47 Å². The van der Waals surface area contributed by atoms with Crippen LogP contribution in [0.5, 0.6) is 5.75 Å². The average Bonchev–Trinajstić information content (AvgIpc) is 3.00. The van der Waals surface area contributed by atoms with Crippen LogP contribution in [-0.4, -0.2) is 23.8 Å². The summed E-state index contributed by atoms with van der Waals surface area (Å²) in [5, 5.41) is 0. The van der Waals surface area contributed by atoms with E-state index in [1.165, 1.54) is 6.92 Å². The van der Waals surface area contributed by atoms with Crippen molar-refractivity contribution in [2.24, 2.45) is 0 Å². The Morgan fingerprint density at radius 2 is 1.80 bits per heavy atom. The van der Waals surface area contributed by atoms with Gasteiger partial charge in [0.05, 0.1) is 5.56 Å². The Labute approximate surface area is 145 Å². The molecule has 0 aromatic heterocycles. The number of ether oxygens (including phenoxy) is 2. The molecular formula is C20H18O5. The number of benzene rings is 2. The van der Waals surface area contributed by atoms with Crippen LogP contribution in [0.3, 0.4) is 0 Å². The zero-order valence-corrected chi connectivity index (χ0v) is 13.9. The molecule has 5 nitrogen and oxygen atoms in total. The first-order chi connectivity index (χ1) is 12.0. The number of rotatable bonds is 4. The summed E-state index contributed by atoms with van der Waals surface area (Å²) in [6.07, 6.45) is 1.24. The van der Waals surface area contributed by atoms with Crippen LogP contribution in [0.25, 0.3) is 11.1 Å². The van der Waals surface area contributed by atoms with Gasteiger partial charge in [0.25, 0.3) is 0 Å². The van der Waals surface area contributed by atoms with Gasteiger partial charge in [-0.15, -0.1) is 0 Å². The van der Waals surface area contributed by atoms with Crippen LogP contribution in [0, 0.1) is 0 Å². The van der Waals surface area contributed by atoms with Crippen molar-refractivity contribution in [3.8, 4) is 16.9 Å². The molecule has 3 rings (SSSR count). The molecule has 0 bridgehead atoms. The molecule has 0 amide bonds. The lowest BCUT2D eigenvalue weighted by atomic mass is 10.0. The Bertz CT molecular complexity index is 807. The molecule has 1 atom stereocenters. The summed E-state index contributed by atoms with van der Waals surface area (Å²) in [4.78, 5) is 34.9. The van der Waals surface area contributed by atoms with Crippen LogP contribution in [-0.2, 0) is 14.3 Å². The predicted molar refractivity (Wildman–Crippen MR) is 91.2 cm³/mol. The number of carbonyl (C=O) groups excluding carboxylic acids is 3. The van der Waals surface area contributed by atoms with E-state index in [9.17, 15) is 14.4 Å². The molecular weight excluding hydrogens is 320 g/mol. The number of hydrogen-bond donors (Lipinski definition) is 0. The van der Waals surface area contributed by atoms with E-state index in [0.717, 1.165) is 17.5 Å². The summed E-state index contributed by atoms with van der Waals surface area (Å²) in [7, 11) is 0. The minimum absolute atomic E-state index is 0.00874. The second kappa shape index (κ2) is 7.30. The molecule has 0 saturated heterocycles. The van der Waals surface area contributed by atoms with Crippen LogP contribution < -0.4 is 4.74 Å². The highest BCUT2D eigenvalue weighted by Gasteiger charge is 2.28. The van der Waals surface area contributed by atoms with Crippen molar-refractivity contribution in [1.29, 1.82) is 0 Å². The molecule has 2 aromatic rings. The van der Waals surface area contributed by atoms with Gasteiger partial charge in [-0.25, -0.2) is 4.79 Å². The number of ketones is 1. The van der Waals surface area contributed by atoms with E-state index in [1.807, 2.05) is 18.2 Å². The standard InChI is InChI=1S/C20H18O5/c1-13(21)24-17-10-8-14(9-11-17)15-4-2-5-16(12-15)20(23)25-19-7-3-6-18(19)22/h2,4-5,8-12,19H,3,6-7H2,1H3/t19-/m1/s1. The van der Waals surface area contributed by atoms with Crippen LogP contribution in [0.2, 0.25) is 0 Å². The number of esters is 2. The fourth-order valence-corrected chi connectivity index (χ4v) is 2.81. The Morgan fingerprint density at radius 3 is 2.44 bits per heavy atom. The summed E-state index contributed by atoms with van der Waals surface area (Å²) < 4.78 is 10.3. The smallest absolute Gasteiger partial charge is 0.338 e. The molecule has 5 heteroatoms. The fraction of sp³-hybridized carbons (Fsp3) is 0.250. The first-order valence-electron chi connectivity index (χ1n) is 8.15. The third kappa shape index (κ3) is 4.12. The molecule has 1 saturated carbocycles. The van der Waals surface area contributed by atoms with Gasteiger partial charge >= 0.3 is 11.9 Å². The minimum Gasteiger partial charge on any atom is -0.451 e. The number of Topliss-reactive ketones (excluding diaryl/α,β-unsaturated/α-hetero) is 1. The third-order valence-corrected chi connectivity index (χ3v) is 4.05. The maximum absolute atomic E-state index is 12.3. The second-order valence-electron chi connectivity index (χ2n) is 5.95. The molecule has 25 heavy (non-hydrogen) atoms. The molecule has 1 fully saturated rings. The average molecular weight is 338 g/mol. The Kier molecular flexibility index (Phi) is 4.93. The monoisotopic (exact) mass is 338 g/mol. The minimum atomic E-state index is -0.612. The van der Waals surface area contributed by atoms with Crippen LogP contribution >= 0.6 is 0 Å². The zero-order valence-electron chi connectivity index (χ0n) is 13.9. The van der Waals surface area contributed by atoms with E-state index in [4.69, 9.17) is 9.47 Å². The molecule has 0 N–H and O–H groups in total. The van der Waals surface area contributed by atoms with Gasteiger partial charge in [-0.3, -0.25) is 9.59 Å². The summed E-state index contributed by atoms with van der Waals surface area (Å²) in [6, 6.07) is 14.0. The van der Waals surface area contributed by atoms with Gasteiger partial charge in [-0.05, 0) is 48.2 Å². The topological polar surface area (TPSA) is 69.7 Å². The molecule has 0 aliphatic heterocycles. The first-order valence-corrected chi connectivity index (χ1v) is 8.15. The highest BCUT2D eigenvalue weighted by atomic mass is 16.5. The summed E-state index contributed by atoms with van der Waals surface area (Å²) in [5.74, 6) is -0.408. The maximum Gasteiger partial charge on any atom is 0.338 e. The molecule has 0 heterocycles. The van der Waals surface area contributed by atoms with E-state index in [0.29, 0.717) is 24.2 Å². The quantitative estimate of drug-likeness (QED) is 0.630. The van der Waals surface area contributed by atoms with Crippen molar-refractivity contribution in [1.82, 2.24) is 0 Å². The third-order valence-electron chi connectivity index (χ3n) is 4.05. The van der Waals surface area contributed by atoms with E-state index in [1.54, 1.807) is 30.3 Å². The first kappa shape index (κ1) is 16.9. The molecule has 0 radical (unpaired) electrons. The summed E-state index contributed by atoms with van der Waals surface area (Å²) >= 11 is 0.